The van der Waals surface area contributed by atoms with Gasteiger partial charge in [0.25, 0.3) is 0 Å². The van der Waals surface area contributed by atoms with Gasteiger partial charge in [0.1, 0.15) is 0 Å². The number of fused-ring (bicyclic) bond motifs is 2. The monoisotopic (exact) mass is 285 g/mol. The predicted molar refractivity (Wildman–Crippen MR) is 90.3 cm³/mol. The average Bonchev–Trinajstić information content (AvgIpc) is 3.07. The third-order valence-electron chi connectivity index (χ3n) is 5.69. The molecular formula is C20H31N. The van der Waals surface area contributed by atoms with Crippen LogP contribution < -0.4 is 5.32 Å². The Morgan fingerprint density at radius 1 is 1.05 bits per heavy atom. The molecule has 2 aliphatic rings. The summed E-state index contributed by atoms with van der Waals surface area (Å²) in [5.74, 6) is 3.78. The molecule has 0 saturated heterocycles. The average molecular weight is 285 g/mol. The highest BCUT2D eigenvalue weighted by molar-refractivity contribution is 5.25. The smallest absolute Gasteiger partial charge is 0.0291 e. The van der Waals surface area contributed by atoms with Crippen LogP contribution in [0.1, 0.15) is 63.6 Å². The standard InChI is InChI=1S/C20H31N/c1-14(2)10-16-4-7-18(8-5-16)15(3)21-13-20-12-17-6-9-19(20)11-17/h4-5,7-8,14-15,17,19-21H,6,9-13H2,1-3H3. The number of hydrogen-bond acceptors (Lipinski definition) is 1. The largest absolute Gasteiger partial charge is 0.310 e. The van der Waals surface area contributed by atoms with Crippen LogP contribution in [-0.2, 0) is 6.42 Å². The quantitative estimate of drug-likeness (QED) is 0.778. The molecule has 3 rings (SSSR count). The summed E-state index contributed by atoms with van der Waals surface area (Å²) in [6.07, 6.45) is 7.19. The normalized spacial score (nSPS) is 29.2. The van der Waals surface area contributed by atoms with E-state index < -0.39 is 0 Å². The summed E-state index contributed by atoms with van der Waals surface area (Å²) in [7, 11) is 0. The molecular weight excluding hydrogens is 254 g/mol. The second-order valence-electron chi connectivity index (χ2n) is 7.90. The molecule has 1 aromatic carbocycles. The Hall–Kier alpha value is -0.820. The van der Waals surface area contributed by atoms with Crippen LogP contribution in [0.15, 0.2) is 24.3 Å². The maximum absolute atomic E-state index is 3.79. The number of hydrogen-bond donors (Lipinski definition) is 1. The third kappa shape index (κ3) is 3.69. The molecule has 4 atom stereocenters. The molecule has 116 valence electrons. The van der Waals surface area contributed by atoms with Gasteiger partial charge in [-0.25, -0.2) is 0 Å². The SMILES string of the molecule is CC(C)Cc1ccc(C(C)NCC2CC3CCC2C3)cc1. The van der Waals surface area contributed by atoms with Crippen molar-refractivity contribution in [1.29, 1.82) is 0 Å². The highest BCUT2D eigenvalue weighted by Crippen LogP contribution is 2.48. The fourth-order valence-electron chi connectivity index (χ4n) is 4.49. The van der Waals surface area contributed by atoms with Gasteiger partial charge in [0, 0.05) is 6.04 Å². The van der Waals surface area contributed by atoms with Crippen molar-refractivity contribution in [3.8, 4) is 0 Å². The highest BCUT2D eigenvalue weighted by atomic mass is 14.9. The lowest BCUT2D eigenvalue weighted by Gasteiger charge is -2.24. The molecule has 4 unspecified atom stereocenters. The summed E-state index contributed by atoms with van der Waals surface area (Å²) in [5, 5.41) is 3.79. The zero-order chi connectivity index (χ0) is 14.8. The molecule has 1 nitrogen and oxygen atoms in total. The van der Waals surface area contributed by atoms with Gasteiger partial charge in [-0.3, -0.25) is 0 Å². The van der Waals surface area contributed by atoms with Gasteiger partial charge < -0.3 is 5.32 Å². The summed E-state index contributed by atoms with van der Waals surface area (Å²) < 4.78 is 0. The molecule has 2 saturated carbocycles. The molecule has 1 heteroatoms. The Balaban J connectivity index is 1.49. The lowest BCUT2D eigenvalue weighted by molar-refractivity contribution is 0.309. The van der Waals surface area contributed by atoms with Crippen molar-refractivity contribution in [3.05, 3.63) is 35.4 Å². The van der Waals surface area contributed by atoms with E-state index in [1.165, 1.54) is 49.8 Å². The van der Waals surface area contributed by atoms with E-state index in [1.807, 2.05) is 0 Å². The maximum atomic E-state index is 3.79. The van der Waals surface area contributed by atoms with Gasteiger partial charge in [0.2, 0.25) is 0 Å². The first-order chi connectivity index (χ1) is 10.1. The Kier molecular flexibility index (Phi) is 4.69. The van der Waals surface area contributed by atoms with Gasteiger partial charge in [-0.05, 0) is 74.0 Å². The zero-order valence-electron chi connectivity index (χ0n) is 13.9. The van der Waals surface area contributed by atoms with Crippen LogP contribution >= 0.6 is 0 Å². The van der Waals surface area contributed by atoms with Gasteiger partial charge in [-0.15, -0.1) is 0 Å². The molecule has 0 aromatic heterocycles. The summed E-state index contributed by atoms with van der Waals surface area (Å²) in [6, 6.07) is 9.74. The Morgan fingerprint density at radius 2 is 1.81 bits per heavy atom. The van der Waals surface area contributed by atoms with E-state index in [0.29, 0.717) is 6.04 Å². The van der Waals surface area contributed by atoms with Crippen LogP contribution in [0.4, 0.5) is 0 Å². The second-order valence-corrected chi connectivity index (χ2v) is 7.90. The summed E-state index contributed by atoms with van der Waals surface area (Å²) in [6.45, 7) is 8.10. The number of rotatable bonds is 6. The lowest BCUT2D eigenvalue weighted by Crippen LogP contribution is -2.28. The minimum absolute atomic E-state index is 0.484. The first-order valence-electron chi connectivity index (χ1n) is 8.94. The third-order valence-corrected chi connectivity index (χ3v) is 5.69. The van der Waals surface area contributed by atoms with Gasteiger partial charge in [-0.2, -0.15) is 0 Å². The van der Waals surface area contributed by atoms with Crippen molar-refractivity contribution in [2.45, 2.75) is 58.9 Å². The van der Waals surface area contributed by atoms with E-state index in [-0.39, 0.29) is 0 Å². The van der Waals surface area contributed by atoms with Crippen molar-refractivity contribution >= 4 is 0 Å². The maximum Gasteiger partial charge on any atom is 0.0291 e. The minimum Gasteiger partial charge on any atom is -0.310 e. The first kappa shape index (κ1) is 15.1. The molecule has 1 aromatic rings. The van der Waals surface area contributed by atoms with Crippen LogP contribution in [0.25, 0.3) is 0 Å². The topological polar surface area (TPSA) is 12.0 Å². The van der Waals surface area contributed by atoms with Crippen LogP contribution in [0, 0.1) is 23.7 Å². The summed E-state index contributed by atoms with van der Waals surface area (Å²) >= 11 is 0. The molecule has 0 aliphatic heterocycles. The fraction of sp³-hybridized carbons (Fsp3) is 0.700. The number of nitrogens with one attached hydrogen (secondary N) is 1. The van der Waals surface area contributed by atoms with E-state index in [9.17, 15) is 0 Å². The van der Waals surface area contributed by atoms with Crippen LogP contribution in [-0.4, -0.2) is 6.54 Å². The van der Waals surface area contributed by atoms with Crippen molar-refractivity contribution in [2.75, 3.05) is 6.54 Å². The molecule has 0 spiro atoms. The van der Waals surface area contributed by atoms with E-state index in [1.54, 1.807) is 0 Å². The van der Waals surface area contributed by atoms with Crippen LogP contribution in [0.3, 0.4) is 0 Å². The Bertz CT molecular complexity index is 447. The van der Waals surface area contributed by atoms with E-state index >= 15 is 0 Å². The highest BCUT2D eigenvalue weighted by Gasteiger charge is 2.39. The molecule has 0 radical (unpaired) electrons. The van der Waals surface area contributed by atoms with Gasteiger partial charge in [0.05, 0.1) is 0 Å². The van der Waals surface area contributed by atoms with Crippen molar-refractivity contribution in [1.82, 2.24) is 5.32 Å². The Labute approximate surface area is 130 Å². The van der Waals surface area contributed by atoms with Gasteiger partial charge in [0.15, 0.2) is 0 Å². The molecule has 2 aliphatic carbocycles. The molecule has 0 heterocycles. The Morgan fingerprint density at radius 3 is 2.38 bits per heavy atom. The summed E-state index contributed by atoms with van der Waals surface area (Å²) in [5.41, 5.74) is 2.90. The van der Waals surface area contributed by atoms with Crippen LogP contribution in [0.5, 0.6) is 0 Å². The molecule has 0 amide bonds. The minimum atomic E-state index is 0.484. The molecule has 2 fully saturated rings. The zero-order valence-corrected chi connectivity index (χ0v) is 13.9. The number of benzene rings is 1. The lowest BCUT2D eigenvalue weighted by atomic mass is 9.88. The van der Waals surface area contributed by atoms with Gasteiger partial charge >= 0.3 is 0 Å². The molecule has 2 bridgehead atoms. The first-order valence-corrected chi connectivity index (χ1v) is 8.94. The van der Waals surface area contributed by atoms with E-state index in [0.717, 1.165) is 23.7 Å². The van der Waals surface area contributed by atoms with E-state index in [2.05, 4.69) is 50.4 Å². The van der Waals surface area contributed by atoms with Crippen LogP contribution in [0.2, 0.25) is 0 Å². The van der Waals surface area contributed by atoms with Crippen molar-refractivity contribution in [3.63, 3.8) is 0 Å². The fourth-order valence-corrected chi connectivity index (χ4v) is 4.49. The second kappa shape index (κ2) is 6.52. The summed E-state index contributed by atoms with van der Waals surface area (Å²) in [4.78, 5) is 0. The van der Waals surface area contributed by atoms with Crippen molar-refractivity contribution < 1.29 is 0 Å². The molecule has 21 heavy (non-hydrogen) atoms. The van der Waals surface area contributed by atoms with E-state index in [4.69, 9.17) is 0 Å². The van der Waals surface area contributed by atoms with Gasteiger partial charge in [-0.1, -0.05) is 44.5 Å². The molecule has 1 N–H and O–H groups in total. The van der Waals surface area contributed by atoms with Crippen molar-refractivity contribution in [2.24, 2.45) is 23.7 Å². The predicted octanol–water partition coefficient (Wildman–Crippen LogP) is 4.97.